The number of carboxylic acid groups (broad SMARTS) is 1. The van der Waals surface area contributed by atoms with Gasteiger partial charge in [0.2, 0.25) is 11.7 Å². The van der Waals surface area contributed by atoms with Crippen molar-refractivity contribution in [2.45, 2.75) is 6.42 Å². The summed E-state index contributed by atoms with van der Waals surface area (Å²) >= 11 is 0. The Hall–Kier alpha value is -4.02. The summed E-state index contributed by atoms with van der Waals surface area (Å²) in [5.74, 6) is -1.12. The fourth-order valence-electron chi connectivity index (χ4n) is 2.74. The van der Waals surface area contributed by atoms with Gasteiger partial charge in [0.15, 0.2) is 11.2 Å². The number of hydrogen-bond acceptors (Lipinski definition) is 7. The van der Waals surface area contributed by atoms with E-state index in [9.17, 15) is 9.59 Å². The van der Waals surface area contributed by atoms with Crippen LogP contribution in [-0.4, -0.2) is 56.0 Å². The van der Waals surface area contributed by atoms with E-state index in [1.54, 1.807) is 35.9 Å². The van der Waals surface area contributed by atoms with Crippen molar-refractivity contribution >= 4 is 28.9 Å². The normalized spacial score (nSPS) is 10.7. The average molecular weight is 397 g/mol. The molecule has 3 aromatic rings. The van der Waals surface area contributed by atoms with Gasteiger partial charge < -0.3 is 25.5 Å². The molecule has 0 saturated carbocycles. The third kappa shape index (κ3) is 3.98. The molecule has 0 fully saturated rings. The first-order valence-electron chi connectivity index (χ1n) is 8.55. The first kappa shape index (κ1) is 19.7. The number of fused-ring (bicyclic) bond motifs is 1. The first-order chi connectivity index (χ1) is 13.8. The van der Waals surface area contributed by atoms with E-state index in [0.29, 0.717) is 16.9 Å². The Morgan fingerprint density at radius 3 is 2.52 bits per heavy atom. The number of benzene rings is 1. The number of amides is 1. The largest absolute Gasteiger partial charge is 0.481 e. The molecule has 0 aliphatic carbocycles. The summed E-state index contributed by atoms with van der Waals surface area (Å²) < 4.78 is 7.05. The smallest absolute Gasteiger partial charge is 0.305 e. The number of carboxylic acids is 1. The Labute approximate surface area is 165 Å². The Balaban J connectivity index is 2.00. The number of imidazole rings is 1. The molecule has 2 heterocycles. The van der Waals surface area contributed by atoms with Crippen molar-refractivity contribution in [2.24, 2.45) is 12.8 Å². The van der Waals surface area contributed by atoms with Crippen LogP contribution >= 0.6 is 0 Å². The lowest BCUT2D eigenvalue weighted by atomic mass is 10.1. The van der Waals surface area contributed by atoms with Crippen LogP contribution in [0.25, 0.3) is 22.6 Å². The predicted octanol–water partition coefficient (Wildman–Crippen LogP) is 0.527. The van der Waals surface area contributed by atoms with Crippen molar-refractivity contribution in [1.82, 2.24) is 24.8 Å². The zero-order valence-electron chi connectivity index (χ0n) is 15.8. The number of nitrogens with two attached hydrogens (primary N) is 1. The fraction of sp³-hybridized carbons (Fsp3) is 0.222. The van der Waals surface area contributed by atoms with Crippen LogP contribution in [0.3, 0.4) is 0 Å². The topological polar surface area (TPSA) is 169 Å². The molecule has 150 valence electrons. The van der Waals surface area contributed by atoms with Crippen molar-refractivity contribution in [1.29, 1.82) is 5.41 Å². The van der Waals surface area contributed by atoms with Crippen molar-refractivity contribution in [2.75, 3.05) is 13.7 Å². The van der Waals surface area contributed by atoms with Crippen LogP contribution < -0.4 is 15.8 Å². The average Bonchev–Trinajstić information content (AvgIpc) is 3.03. The molecule has 2 aromatic heterocycles. The molecule has 0 spiro atoms. The summed E-state index contributed by atoms with van der Waals surface area (Å²) in [7, 11) is 3.18. The van der Waals surface area contributed by atoms with E-state index in [4.69, 9.17) is 21.0 Å². The summed E-state index contributed by atoms with van der Waals surface area (Å²) in [5.41, 5.74) is 7.59. The van der Waals surface area contributed by atoms with Gasteiger partial charge in [-0.1, -0.05) is 24.3 Å². The zero-order valence-corrected chi connectivity index (χ0v) is 15.8. The SMILES string of the molecule is COc1nc(C(=O)NCCC(=O)O)nc2nc(-c3ccc(C(=N)N)cc3)n(C)c12. The minimum Gasteiger partial charge on any atom is -0.481 e. The van der Waals surface area contributed by atoms with Gasteiger partial charge in [0.05, 0.1) is 13.5 Å². The number of aliphatic carboxylic acids is 1. The molecule has 1 aromatic carbocycles. The maximum absolute atomic E-state index is 12.2. The number of ether oxygens (including phenoxy) is 1. The summed E-state index contributed by atoms with van der Waals surface area (Å²) in [5, 5.41) is 18.6. The third-order valence-corrected chi connectivity index (χ3v) is 4.17. The molecule has 11 heteroatoms. The standard InChI is InChI=1S/C18H19N7O4/c1-25-12-14(23-16(25)10-5-3-9(4-6-10)13(19)20)22-15(24-18(12)29-2)17(28)21-8-7-11(26)27/h3-6H,7-8H2,1-2H3,(H3,19,20)(H,21,28)(H,26,27). The number of carbonyl (C=O) groups is 2. The predicted molar refractivity (Wildman–Crippen MR) is 104 cm³/mol. The molecule has 0 aliphatic rings. The molecule has 3 rings (SSSR count). The minimum atomic E-state index is -1.02. The van der Waals surface area contributed by atoms with E-state index in [0.717, 1.165) is 5.56 Å². The Morgan fingerprint density at radius 1 is 1.24 bits per heavy atom. The number of carbonyl (C=O) groups excluding carboxylic acids is 1. The lowest BCUT2D eigenvalue weighted by molar-refractivity contribution is -0.136. The summed E-state index contributed by atoms with van der Waals surface area (Å²) in [6.45, 7) is -0.0478. The number of aromatic nitrogens is 4. The molecular weight excluding hydrogens is 378 g/mol. The Kier molecular flexibility index (Phi) is 5.39. The van der Waals surface area contributed by atoms with Crippen molar-refractivity contribution in [3.63, 3.8) is 0 Å². The highest BCUT2D eigenvalue weighted by atomic mass is 16.5. The van der Waals surface area contributed by atoms with Crippen LogP contribution in [-0.2, 0) is 11.8 Å². The van der Waals surface area contributed by atoms with Crippen LogP contribution in [0.2, 0.25) is 0 Å². The lowest BCUT2D eigenvalue weighted by Gasteiger charge is -2.07. The second kappa shape index (κ2) is 7.92. The second-order valence-corrected chi connectivity index (χ2v) is 6.11. The molecule has 0 aliphatic heterocycles. The third-order valence-electron chi connectivity index (χ3n) is 4.17. The van der Waals surface area contributed by atoms with E-state index in [1.165, 1.54) is 7.11 Å². The van der Waals surface area contributed by atoms with Gasteiger partial charge in [-0.3, -0.25) is 15.0 Å². The molecule has 11 nitrogen and oxygen atoms in total. The Bertz CT molecular complexity index is 1110. The van der Waals surface area contributed by atoms with Gasteiger partial charge in [-0.25, -0.2) is 9.97 Å². The number of hydrogen-bond donors (Lipinski definition) is 4. The molecule has 1 amide bonds. The molecule has 0 atom stereocenters. The van der Waals surface area contributed by atoms with Gasteiger partial charge >= 0.3 is 5.97 Å². The summed E-state index contributed by atoms with van der Waals surface area (Å²) in [6, 6.07) is 6.97. The highest BCUT2D eigenvalue weighted by molar-refractivity contribution is 5.95. The zero-order chi connectivity index (χ0) is 21.1. The molecule has 0 radical (unpaired) electrons. The first-order valence-corrected chi connectivity index (χ1v) is 8.55. The quantitative estimate of drug-likeness (QED) is 0.330. The Morgan fingerprint density at radius 2 is 1.93 bits per heavy atom. The highest BCUT2D eigenvalue weighted by Crippen LogP contribution is 2.28. The van der Waals surface area contributed by atoms with Crippen LogP contribution in [0.5, 0.6) is 5.88 Å². The number of rotatable bonds is 7. The monoisotopic (exact) mass is 397 g/mol. The van der Waals surface area contributed by atoms with E-state index in [2.05, 4.69) is 20.3 Å². The maximum atomic E-state index is 12.2. The lowest BCUT2D eigenvalue weighted by Crippen LogP contribution is -2.27. The van der Waals surface area contributed by atoms with Crippen LogP contribution in [0.1, 0.15) is 22.6 Å². The number of amidine groups is 1. The number of aryl methyl sites for hydroxylation is 1. The van der Waals surface area contributed by atoms with Crippen LogP contribution in [0.4, 0.5) is 0 Å². The van der Waals surface area contributed by atoms with E-state index in [-0.39, 0.29) is 36.2 Å². The van der Waals surface area contributed by atoms with Gasteiger partial charge in [0, 0.05) is 24.7 Å². The fourth-order valence-corrected chi connectivity index (χ4v) is 2.74. The van der Waals surface area contributed by atoms with Gasteiger partial charge in [-0.15, -0.1) is 0 Å². The molecule has 0 unspecified atom stereocenters. The second-order valence-electron chi connectivity index (χ2n) is 6.11. The highest BCUT2D eigenvalue weighted by Gasteiger charge is 2.20. The number of methoxy groups -OCH3 is 1. The maximum Gasteiger partial charge on any atom is 0.305 e. The van der Waals surface area contributed by atoms with E-state index in [1.807, 2.05) is 0 Å². The van der Waals surface area contributed by atoms with Crippen molar-refractivity contribution in [3.05, 3.63) is 35.7 Å². The van der Waals surface area contributed by atoms with Gasteiger partial charge in [-0.05, 0) is 0 Å². The van der Waals surface area contributed by atoms with E-state index >= 15 is 0 Å². The summed E-state index contributed by atoms with van der Waals surface area (Å²) in [6.07, 6.45) is -0.213. The molecule has 29 heavy (non-hydrogen) atoms. The van der Waals surface area contributed by atoms with E-state index < -0.39 is 11.9 Å². The van der Waals surface area contributed by atoms with Crippen LogP contribution in [0.15, 0.2) is 24.3 Å². The number of nitrogens with one attached hydrogen (secondary N) is 2. The van der Waals surface area contributed by atoms with Gasteiger partial charge in [0.25, 0.3) is 5.91 Å². The van der Waals surface area contributed by atoms with Crippen molar-refractivity contribution in [3.8, 4) is 17.3 Å². The molecule has 5 N–H and O–H groups in total. The number of nitrogens with zero attached hydrogens (tertiary/aromatic N) is 4. The minimum absolute atomic E-state index is 0.0346. The summed E-state index contributed by atoms with van der Waals surface area (Å²) in [4.78, 5) is 35.7. The van der Waals surface area contributed by atoms with Crippen LogP contribution in [0, 0.1) is 5.41 Å². The molecule has 0 bridgehead atoms. The van der Waals surface area contributed by atoms with Gasteiger partial charge in [0.1, 0.15) is 11.7 Å². The van der Waals surface area contributed by atoms with Crippen molar-refractivity contribution < 1.29 is 19.4 Å². The van der Waals surface area contributed by atoms with Gasteiger partial charge in [-0.2, -0.15) is 4.98 Å². The number of nitrogen functional groups attached to an aromatic ring is 1. The molecule has 0 saturated heterocycles. The molecular formula is C18H19N7O4.